The van der Waals surface area contributed by atoms with Crippen LogP contribution in [0.2, 0.25) is 0 Å². The number of aromatic nitrogens is 1. The van der Waals surface area contributed by atoms with Crippen molar-refractivity contribution in [3.05, 3.63) is 58.7 Å². The van der Waals surface area contributed by atoms with Crippen molar-refractivity contribution in [2.24, 2.45) is 0 Å². The molecule has 3 aromatic rings. The zero-order chi connectivity index (χ0) is 17.3. The minimum atomic E-state index is -4.08. The number of pyridine rings is 1. The molecule has 0 unspecified atom stereocenters. The third-order valence-corrected chi connectivity index (χ3v) is 5.17. The molecule has 0 fully saturated rings. The summed E-state index contributed by atoms with van der Waals surface area (Å²) >= 11 is 3.26. The topological polar surface area (TPSA) is 65.5 Å². The summed E-state index contributed by atoms with van der Waals surface area (Å²) in [5.74, 6) is 0.390. The fourth-order valence-corrected chi connectivity index (χ4v) is 3.94. The van der Waals surface area contributed by atoms with Crippen molar-refractivity contribution < 1.29 is 17.3 Å². The molecule has 5 nitrogen and oxygen atoms in total. The van der Waals surface area contributed by atoms with E-state index in [1.54, 1.807) is 24.3 Å². The standard InChI is InChI=1S/C17H14BrNO4S/c1-11-6-7-12-4-3-5-15(17(12)19-11)23-24(20,21)16-10-13(18)8-9-14(16)22-2/h3-10H,1-2H3. The highest BCUT2D eigenvalue weighted by molar-refractivity contribution is 9.10. The minimum Gasteiger partial charge on any atom is -0.495 e. The van der Waals surface area contributed by atoms with E-state index in [9.17, 15) is 8.42 Å². The van der Waals surface area contributed by atoms with E-state index in [2.05, 4.69) is 20.9 Å². The van der Waals surface area contributed by atoms with Gasteiger partial charge in [-0.3, -0.25) is 0 Å². The Balaban J connectivity index is 2.11. The van der Waals surface area contributed by atoms with Gasteiger partial charge in [0, 0.05) is 15.6 Å². The maximum absolute atomic E-state index is 12.7. The number of para-hydroxylation sites is 1. The Morgan fingerprint density at radius 3 is 2.58 bits per heavy atom. The Kier molecular flexibility index (Phi) is 4.47. The molecule has 0 bridgehead atoms. The van der Waals surface area contributed by atoms with Crippen LogP contribution in [0.4, 0.5) is 0 Å². The molecule has 0 atom stereocenters. The van der Waals surface area contributed by atoms with E-state index in [1.165, 1.54) is 13.2 Å². The zero-order valence-corrected chi connectivity index (χ0v) is 15.4. The molecule has 0 saturated heterocycles. The fourth-order valence-electron chi connectivity index (χ4n) is 2.29. The van der Waals surface area contributed by atoms with Gasteiger partial charge in [0.15, 0.2) is 5.75 Å². The second kappa shape index (κ2) is 6.41. The van der Waals surface area contributed by atoms with Crippen molar-refractivity contribution in [3.8, 4) is 11.5 Å². The Morgan fingerprint density at radius 2 is 1.83 bits per heavy atom. The lowest BCUT2D eigenvalue weighted by atomic mass is 10.2. The van der Waals surface area contributed by atoms with Crippen molar-refractivity contribution in [2.45, 2.75) is 11.8 Å². The maximum atomic E-state index is 12.7. The van der Waals surface area contributed by atoms with E-state index in [1.807, 2.05) is 25.1 Å². The molecule has 3 rings (SSSR count). The summed E-state index contributed by atoms with van der Waals surface area (Å²) in [6, 6.07) is 13.6. The van der Waals surface area contributed by atoms with E-state index < -0.39 is 10.1 Å². The van der Waals surface area contributed by atoms with Crippen LogP contribution < -0.4 is 8.92 Å². The number of halogens is 1. The van der Waals surface area contributed by atoms with Crippen molar-refractivity contribution in [3.63, 3.8) is 0 Å². The van der Waals surface area contributed by atoms with Crippen LogP contribution in [-0.2, 0) is 10.1 Å². The van der Waals surface area contributed by atoms with Gasteiger partial charge in [-0.1, -0.05) is 34.1 Å². The first-order valence-corrected chi connectivity index (χ1v) is 9.25. The zero-order valence-electron chi connectivity index (χ0n) is 13.0. The van der Waals surface area contributed by atoms with Gasteiger partial charge in [0.05, 0.1) is 7.11 Å². The first-order valence-electron chi connectivity index (χ1n) is 7.05. The molecule has 2 aromatic carbocycles. The molecular formula is C17H14BrNO4S. The number of hydrogen-bond donors (Lipinski definition) is 0. The SMILES string of the molecule is COc1ccc(Br)cc1S(=O)(=O)Oc1cccc2ccc(C)nc12. The molecule has 0 aliphatic heterocycles. The first-order chi connectivity index (χ1) is 11.4. The van der Waals surface area contributed by atoms with E-state index in [4.69, 9.17) is 8.92 Å². The number of hydrogen-bond acceptors (Lipinski definition) is 5. The van der Waals surface area contributed by atoms with Crippen molar-refractivity contribution in [1.29, 1.82) is 0 Å². The largest absolute Gasteiger partial charge is 0.495 e. The van der Waals surface area contributed by atoms with Gasteiger partial charge in [-0.25, -0.2) is 4.98 Å². The van der Waals surface area contributed by atoms with Gasteiger partial charge in [-0.15, -0.1) is 0 Å². The van der Waals surface area contributed by atoms with E-state index in [0.717, 1.165) is 11.1 Å². The molecule has 7 heteroatoms. The van der Waals surface area contributed by atoms with Gasteiger partial charge in [-0.05, 0) is 37.3 Å². The van der Waals surface area contributed by atoms with Crippen LogP contribution in [-0.4, -0.2) is 20.5 Å². The van der Waals surface area contributed by atoms with Crippen LogP contribution in [0, 0.1) is 6.92 Å². The van der Waals surface area contributed by atoms with Crippen LogP contribution >= 0.6 is 15.9 Å². The maximum Gasteiger partial charge on any atom is 0.343 e. The lowest BCUT2D eigenvalue weighted by molar-refractivity contribution is 0.398. The summed E-state index contributed by atoms with van der Waals surface area (Å²) in [4.78, 5) is 4.33. The monoisotopic (exact) mass is 407 g/mol. The molecule has 24 heavy (non-hydrogen) atoms. The van der Waals surface area contributed by atoms with Crippen molar-refractivity contribution in [1.82, 2.24) is 4.98 Å². The molecule has 0 saturated carbocycles. The summed E-state index contributed by atoms with van der Waals surface area (Å²) in [7, 11) is -2.67. The molecule has 0 aliphatic carbocycles. The lowest BCUT2D eigenvalue weighted by Crippen LogP contribution is -2.11. The number of fused-ring (bicyclic) bond motifs is 1. The lowest BCUT2D eigenvalue weighted by Gasteiger charge is -2.12. The number of methoxy groups -OCH3 is 1. The molecule has 124 valence electrons. The fraction of sp³-hybridized carbons (Fsp3) is 0.118. The van der Waals surface area contributed by atoms with E-state index in [-0.39, 0.29) is 16.4 Å². The molecule has 0 amide bonds. The third kappa shape index (κ3) is 3.22. The van der Waals surface area contributed by atoms with Gasteiger partial charge in [0.1, 0.15) is 16.2 Å². The second-order valence-corrected chi connectivity index (χ2v) is 7.54. The molecule has 0 N–H and O–H groups in total. The van der Waals surface area contributed by atoms with E-state index >= 15 is 0 Å². The Hall–Kier alpha value is -2.12. The first kappa shape index (κ1) is 16.7. The normalized spacial score (nSPS) is 11.5. The van der Waals surface area contributed by atoms with Crippen molar-refractivity contribution >= 4 is 37.0 Å². The van der Waals surface area contributed by atoms with Gasteiger partial charge in [-0.2, -0.15) is 8.42 Å². The summed E-state index contributed by atoms with van der Waals surface area (Å²) in [5, 5.41) is 0.800. The van der Waals surface area contributed by atoms with Crippen LogP contribution in [0.5, 0.6) is 11.5 Å². The number of rotatable bonds is 4. The highest BCUT2D eigenvalue weighted by atomic mass is 79.9. The Labute approximate surface area is 148 Å². The highest BCUT2D eigenvalue weighted by Crippen LogP contribution is 2.32. The van der Waals surface area contributed by atoms with Crippen molar-refractivity contribution in [2.75, 3.05) is 7.11 Å². The number of benzene rings is 2. The van der Waals surface area contributed by atoms with Gasteiger partial charge in [0.25, 0.3) is 0 Å². The van der Waals surface area contributed by atoms with Crippen LogP contribution in [0.15, 0.2) is 57.9 Å². The van der Waals surface area contributed by atoms with Gasteiger partial charge < -0.3 is 8.92 Å². The second-order valence-electron chi connectivity index (χ2n) is 5.11. The molecular weight excluding hydrogens is 394 g/mol. The molecule has 1 aromatic heterocycles. The molecule has 0 spiro atoms. The van der Waals surface area contributed by atoms with Crippen LogP contribution in [0.3, 0.4) is 0 Å². The Morgan fingerprint density at radius 1 is 1.04 bits per heavy atom. The molecule has 0 aliphatic rings. The van der Waals surface area contributed by atoms with E-state index in [0.29, 0.717) is 9.99 Å². The predicted octanol–water partition coefficient (Wildman–Crippen LogP) is 4.08. The molecule has 0 radical (unpaired) electrons. The summed E-state index contributed by atoms with van der Waals surface area (Å²) in [6.07, 6.45) is 0. The average Bonchev–Trinajstić information content (AvgIpc) is 2.55. The highest BCUT2D eigenvalue weighted by Gasteiger charge is 2.23. The van der Waals surface area contributed by atoms with Gasteiger partial charge in [0.2, 0.25) is 0 Å². The summed E-state index contributed by atoms with van der Waals surface area (Å²) < 4.78 is 36.5. The number of nitrogens with zero attached hydrogens (tertiary/aromatic N) is 1. The number of ether oxygens (including phenoxy) is 1. The summed E-state index contributed by atoms with van der Waals surface area (Å²) in [5.41, 5.74) is 1.27. The van der Waals surface area contributed by atoms with Crippen LogP contribution in [0.1, 0.15) is 5.69 Å². The minimum absolute atomic E-state index is 0.0518. The smallest absolute Gasteiger partial charge is 0.343 e. The Bertz CT molecular complexity index is 1020. The third-order valence-electron chi connectivity index (χ3n) is 3.42. The predicted molar refractivity (Wildman–Crippen MR) is 95.0 cm³/mol. The summed E-state index contributed by atoms with van der Waals surface area (Å²) in [6.45, 7) is 1.84. The number of aryl methyl sites for hydroxylation is 1. The quantitative estimate of drug-likeness (QED) is 0.609. The van der Waals surface area contributed by atoms with Crippen LogP contribution in [0.25, 0.3) is 10.9 Å². The molecule has 1 heterocycles. The van der Waals surface area contributed by atoms with Gasteiger partial charge >= 0.3 is 10.1 Å². The average molecular weight is 408 g/mol.